The van der Waals surface area contributed by atoms with E-state index in [9.17, 15) is 14.4 Å². The summed E-state index contributed by atoms with van der Waals surface area (Å²) >= 11 is 0. The molecule has 1 saturated heterocycles. The molecule has 1 N–H and O–H groups in total. The summed E-state index contributed by atoms with van der Waals surface area (Å²) < 4.78 is 7.06. The lowest BCUT2D eigenvalue weighted by atomic mass is 9.97. The predicted octanol–water partition coefficient (Wildman–Crippen LogP) is 4.68. The van der Waals surface area contributed by atoms with Gasteiger partial charge < -0.3 is 9.64 Å². The molecule has 1 fully saturated rings. The van der Waals surface area contributed by atoms with Gasteiger partial charge in [-0.2, -0.15) is 0 Å². The standard InChI is InChI=1S/C31H36N4O4/c1-7-22-26(30(37)35(32-22)23-10-8-9-20(4)21(23)5)27-28(33-15-13-18(2)14-16-33)31(38)34(29(27)36)24-17-19(3)11-12-25(24)39-6/h8-12,17-18,32H,7,13-16H2,1-6H3. The van der Waals surface area contributed by atoms with Crippen molar-refractivity contribution in [3.05, 3.63) is 80.4 Å². The van der Waals surface area contributed by atoms with Gasteiger partial charge in [0, 0.05) is 18.8 Å². The van der Waals surface area contributed by atoms with Crippen molar-refractivity contribution in [1.29, 1.82) is 0 Å². The molecule has 0 atom stereocenters. The van der Waals surface area contributed by atoms with Crippen LogP contribution in [0.1, 0.15) is 54.6 Å². The van der Waals surface area contributed by atoms with Crippen molar-refractivity contribution in [3.8, 4) is 11.4 Å². The van der Waals surface area contributed by atoms with E-state index in [1.54, 1.807) is 12.1 Å². The fourth-order valence-corrected chi connectivity index (χ4v) is 5.61. The zero-order valence-corrected chi connectivity index (χ0v) is 23.6. The van der Waals surface area contributed by atoms with Gasteiger partial charge in [0.1, 0.15) is 11.4 Å². The van der Waals surface area contributed by atoms with E-state index in [0.29, 0.717) is 48.3 Å². The van der Waals surface area contributed by atoms with Crippen molar-refractivity contribution in [2.75, 3.05) is 25.1 Å². The monoisotopic (exact) mass is 528 g/mol. The number of carbonyl (C=O) groups excluding carboxylic acids is 2. The number of aromatic amines is 1. The summed E-state index contributed by atoms with van der Waals surface area (Å²) in [6.45, 7) is 11.3. The number of imide groups is 1. The zero-order chi connectivity index (χ0) is 28.0. The number of H-pyrrole nitrogens is 1. The normalized spacial score (nSPS) is 16.6. The molecule has 0 spiro atoms. The largest absolute Gasteiger partial charge is 0.495 e. The van der Waals surface area contributed by atoms with Gasteiger partial charge in [-0.3, -0.25) is 19.5 Å². The molecule has 2 aliphatic rings. The molecule has 3 heterocycles. The number of amides is 2. The minimum Gasteiger partial charge on any atom is -0.495 e. The van der Waals surface area contributed by atoms with E-state index < -0.39 is 11.8 Å². The van der Waals surface area contributed by atoms with Crippen molar-refractivity contribution >= 4 is 23.1 Å². The molecular weight excluding hydrogens is 492 g/mol. The Labute approximate surface area is 228 Å². The Morgan fingerprint density at radius 3 is 2.36 bits per heavy atom. The Kier molecular flexibility index (Phi) is 6.97. The van der Waals surface area contributed by atoms with Gasteiger partial charge in [0.15, 0.2) is 0 Å². The SMILES string of the molecule is CCc1[nH]n(-c2cccc(C)c2C)c(=O)c1C1=C(N2CCC(C)CC2)C(=O)N(c2cc(C)ccc2OC)C1=O. The number of rotatable bonds is 6. The highest BCUT2D eigenvalue weighted by Gasteiger charge is 2.46. The van der Waals surface area contributed by atoms with Crippen LogP contribution in [0.5, 0.6) is 5.75 Å². The lowest BCUT2D eigenvalue weighted by Gasteiger charge is -2.32. The first-order chi connectivity index (χ1) is 18.7. The first kappa shape index (κ1) is 26.5. The quantitative estimate of drug-likeness (QED) is 0.470. The zero-order valence-electron chi connectivity index (χ0n) is 23.6. The third-order valence-corrected chi connectivity index (χ3v) is 8.12. The maximum atomic E-state index is 14.3. The highest BCUT2D eigenvalue weighted by Crippen LogP contribution is 2.40. The summed E-state index contributed by atoms with van der Waals surface area (Å²) in [6, 6.07) is 11.2. The van der Waals surface area contributed by atoms with Crippen LogP contribution >= 0.6 is 0 Å². The second kappa shape index (κ2) is 10.2. The minimum atomic E-state index is -0.503. The maximum absolute atomic E-state index is 14.3. The number of hydrogen-bond acceptors (Lipinski definition) is 5. The summed E-state index contributed by atoms with van der Waals surface area (Å²) in [5, 5.41) is 3.26. The fourth-order valence-electron chi connectivity index (χ4n) is 5.61. The number of carbonyl (C=O) groups is 2. The van der Waals surface area contributed by atoms with Crippen molar-refractivity contribution in [2.45, 2.75) is 53.9 Å². The van der Waals surface area contributed by atoms with Gasteiger partial charge in [-0.1, -0.05) is 32.0 Å². The highest BCUT2D eigenvalue weighted by molar-refractivity contribution is 6.45. The van der Waals surface area contributed by atoms with Gasteiger partial charge in [0.25, 0.3) is 17.4 Å². The maximum Gasteiger partial charge on any atom is 0.282 e. The molecule has 5 rings (SSSR count). The van der Waals surface area contributed by atoms with Gasteiger partial charge in [0.05, 0.1) is 29.6 Å². The number of benzene rings is 2. The van der Waals surface area contributed by atoms with Crippen LogP contribution in [0.3, 0.4) is 0 Å². The number of anilines is 1. The molecule has 2 aliphatic heterocycles. The van der Waals surface area contributed by atoms with E-state index in [2.05, 4.69) is 12.0 Å². The van der Waals surface area contributed by atoms with Crippen molar-refractivity contribution < 1.29 is 14.3 Å². The van der Waals surface area contributed by atoms with Crippen LogP contribution in [0.2, 0.25) is 0 Å². The molecule has 8 heteroatoms. The lowest BCUT2D eigenvalue weighted by molar-refractivity contribution is -0.120. The summed E-state index contributed by atoms with van der Waals surface area (Å²) in [7, 11) is 1.52. The van der Waals surface area contributed by atoms with Gasteiger partial charge >= 0.3 is 0 Å². The number of likely N-dealkylation sites (tertiary alicyclic amines) is 1. The number of nitrogens with zero attached hydrogens (tertiary/aromatic N) is 3. The van der Waals surface area contributed by atoms with Crippen LogP contribution in [-0.4, -0.2) is 46.7 Å². The third-order valence-electron chi connectivity index (χ3n) is 8.12. The summed E-state index contributed by atoms with van der Waals surface area (Å²) in [6.07, 6.45) is 2.31. The Balaban J connectivity index is 1.74. The average Bonchev–Trinajstić information content (AvgIpc) is 3.37. The molecule has 39 heavy (non-hydrogen) atoms. The van der Waals surface area contributed by atoms with Crippen LogP contribution < -0.4 is 15.2 Å². The number of hydrogen-bond donors (Lipinski definition) is 1. The summed E-state index contributed by atoms with van der Waals surface area (Å²) in [5.74, 6) is 0.0315. The number of methoxy groups -OCH3 is 1. The number of aryl methyl sites for hydroxylation is 3. The van der Waals surface area contributed by atoms with E-state index >= 15 is 0 Å². The predicted molar refractivity (Wildman–Crippen MR) is 152 cm³/mol. The molecule has 0 radical (unpaired) electrons. The molecule has 204 valence electrons. The van der Waals surface area contributed by atoms with Crippen LogP contribution in [0.4, 0.5) is 5.69 Å². The van der Waals surface area contributed by atoms with Crippen molar-refractivity contribution in [1.82, 2.24) is 14.7 Å². The lowest BCUT2D eigenvalue weighted by Crippen LogP contribution is -2.38. The van der Waals surface area contributed by atoms with E-state index in [0.717, 1.165) is 35.2 Å². The topological polar surface area (TPSA) is 87.6 Å². The molecule has 3 aromatic rings. The first-order valence-electron chi connectivity index (χ1n) is 13.6. The molecule has 0 unspecified atom stereocenters. The van der Waals surface area contributed by atoms with E-state index in [1.807, 2.05) is 56.9 Å². The first-order valence-corrected chi connectivity index (χ1v) is 13.6. The Hall–Kier alpha value is -4.07. The van der Waals surface area contributed by atoms with E-state index in [4.69, 9.17) is 4.74 Å². The summed E-state index contributed by atoms with van der Waals surface area (Å²) in [4.78, 5) is 45.8. The van der Waals surface area contributed by atoms with E-state index in [1.165, 1.54) is 16.7 Å². The second-order valence-corrected chi connectivity index (χ2v) is 10.7. The van der Waals surface area contributed by atoms with Gasteiger partial charge in [-0.25, -0.2) is 9.58 Å². The number of aromatic nitrogens is 2. The molecule has 0 bridgehead atoms. The van der Waals surface area contributed by atoms with Crippen molar-refractivity contribution in [3.63, 3.8) is 0 Å². The van der Waals surface area contributed by atoms with Gasteiger partial charge in [-0.05, 0) is 80.8 Å². The average molecular weight is 529 g/mol. The Bertz CT molecular complexity index is 1550. The fraction of sp³-hybridized carbons (Fsp3) is 0.387. The molecule has 2 amide bonds. The van der Waals surface area contributed by atoms with Crippen LogP contribution in [-0.2, 0) is 16.0 Å². The Morgan fingerprint density at radius 2 is 1.69 bits per heavy atom. The number of nitrogens with one attached hydrogen (secondary N) is 1. The third kappa shape index (κ3) is 4.37. The molecule has 8 nitrogen and oxygen atoms in total. The Morgan fingerprint density at radius 1 is 0.974 bits per heavy atom. The van der Waals surface area contributed by atoms with Crippen LogP contribution in [0, 0.1) is 26.7 Å². The van der Waals surface area contributed by atoms with Crippen LogP contribution in [0.25, 0.3) is 11.3 Å². The molecular formula is C31H36N4O4. The van der Waals surface area contributed by atoms with Gasteiger partial charge in [-0.15, -0.1) is 0 Å². The smallest absolute Gasteiger partial charge is 0.282 e. The second-order valence-electron chi connectivity index (χ2n) is 10.7. The van der Waals surface area contributed by atoms with Gasteiger partial charge in [0.2, 0.25) is 0 Å². The molecule has 1 aromatic heterocycles. The molecule has 0 aliphatic carbocycles. The minimum absolute atomic E-state index is 0.167. The van der Waals surface area contributed by atoms with E-state index in [-0.39, 0.29) is 16.7 Å². The van der Waals surface area contributed by atoms with Crippen LogP contribution in [0.15, 0.2) is 46.9 Å². The molecule has 0 saturated carbocycles. The highest BCUT2D eigenvalue weighted by atomic mass is 16.5. The van der Waals surface area contributed by atoms with Crippen molar-refractivity contribution in [2.24, 2.45) is 5.92 Å². The number of piperidine rings is 1. The number of ether oxygens (including phenoxy) is 1. The summed E-state index contributed by atoms with van der Waals surface area (Å²) in [5.41, 5.74) is 5.04. The molecule has 2 aromatic carbocycles.